The van der Waals surface area contributed by atoms with Crippen molar-refractivity contribution in [1.82, 2.24) is 5.32 Å². The highest BCUT2D eigenvalue weighted by Crippen LogP contribution is 2.15. The van der Waals surface area contributed by atoms with E-state index in [9.17, 15) is 17.6 Å². The Kier molecular flexibility index (Phi) is 3.75. The van der Waals surface area contributed by atoms with Gasteiger partial charge in [-0.1, -0.05) is 0 Å². The monoisotopic (exact) mass is 286 g/mol. The molecule has 104 valence electrons. The second-order valence-corrected chi connectivity index (χ2v) is 6.81. The molecule has 7 heteroatoms. The first-order valence-electron chi connectivity index (χ1n) is 5.87. The van der Waals surface area contributed by atoms with Gasteiger partial charge in [-0.15, -0.1) is 0 Å². The fraction of sp³-hybridized carbons (Fsp3) is 0.417. The summed E-state index contributed by atoms with van der Waals surface area (Å²) in [5.41, 5.74) is 0.541. The molecular weight excluding hydrogens is 271 g/mol. The second-order valence-electron chi connectivity index (χ2n) is 4.58. The van der Waals surface area contributed by atoms with E-state index in [0.717, 1.165) is 0 Å². The minimum absolute atomic E-state index is 0.0179. The highest BCUT2D eigenvalue weighted by atomic mass is 32.2. The van der Waals surface area contributed by atoms with Crippen LogP contribution >= 0.6 is 0 Å². The number of hydrogen-bond donors (Lipinski definition) is 1. The first kappa shape index (κ1) is 13.8. The van der Waals surface area contributed by atoms with Crippen molar-refractivity contribution in [3.63, 3.8) is 0 Å². The molecule has 19 heavy (non-hydrogen) atoms. The van der Waals surface area contributed by atoms with Gasteiger partial charge in [-0.3, -0.25) is 4.90 Å². The standard InChI is InChI=1S/C12H15FN2O3S/c1-15(11-4-2-9(13)3-5-11)12(16)14-10-6-7-19(17,18)8-10/h2-5,10H,6-8H2,1H3,(H,14,16)/t10-/m1/s1. The van der Waals surface area contributed by atoms with E-state index in [0.29, 0.717) is 12.1 Å². The highest BCUT2D eigenvalue weighted by Gasteiger charge is 2.29. The molecule has 0 spiro atoms. The van der Waals surface area contributed by atoms with Crippen LogP contribution < -0.4 is 10.2 Å². The molecule has 2 amide bonds. The van der Waals surface area contributed by atoms with Crippen LogP contribution in [0.2, 0.25) is 0 Å². The van der Waals surface area contributed by atoms with Gasteiger partial charge in [0.1, 0.15) is 5.82 Å². The maximum absolute atomic E-state index is 12.8. The molecule has 2 rings (SSSR count). The summed E-state index contributed by atoms with van der Waals surface area (Å²) in [4.78, 5) is 13.2. The van der Waals surface area contributed by atoms with Gasteiger partial charge >= 0.3 is 6.03 Å². The van der Waals surface area contributed by atoms with Crippen molar-refractivity contribution >= 4 is 21.6 Å². The fourth-order valence-electron chi connectivity index (χ4n) is 1.96. The van der Waals surface area contributed by atoms with Gasteiger partial charge in [-0.25, -0.2) is 17.6 Å². The van der Waals surface area contributed by atoms with Crippen molar-refractivity contribution in [2.75, 3.05) is 23.5 Å². The number of hydrogen-bond acceptors (Lipinski definition) is 3. The lowest BCUT2D eigenvalue weighted by atomic mass is 10.2. The number of urea groups is 1. The Morgan fingerprint density at radius 2 is 2.00 bits per heavy atom. The molecule has 1 aliphatic rings. The molecule has 1 aromatic rings. The van der Waals surface area contributed by atoms with Gasteiger partial charge in [0, 0.05) is 18.8 Å². The predicted molar refractivity (Wildman–Crippen MR) is 70.4 cm³/mol. The highest BCUT2D eigenvalue weighted by molar-refractivity contribution is 7.91. The molecule has 1 fully saturated rings. The summed E-state index contributed by atoms with van der Waals surface area (Å²) in [5, 5.41) is 2.66. The van der Waals surface area contributed by atoms with Gasteiger partial charge in [0.15, 0.2) is 9.84 Å². The van der Waals surface area contributed by atoms with E-state index >= 15 is 0 Å². The van der Waals surface area contributed by atoms with Gasteiger partial charge in [-0.05, 0) is 30.7 Å². The minimum Gasteiger partial charge on any atom is -0.334 e. The Morgan fingerprint density at radius 3 is 2.53 bits per heavy atom. The lowest BCUT2D eigenvalue weighted by molar-refractivity contribution is 0.244. The minimum atomic E-state index is -3.02. The summed E-state index contributed by atoms with van der Waals surface area (Å²) in [6.07, 6.45) is 0.436. The maximum Gasteiger partial charge on any atom is 0.321 e. The van der Waals surface area contributed by atoms with Crippen LogP contribution in [0.1, 0.15) is 6.42 Å². The molecule has 0 aliphatic carbocycles. The summed E-state index contributed by atoms with van der Waals surface area (Å²) in [6, 6.07) is 4.76. The average molecular weight is 286 g/mol. The van der Waals surface area contributed by atoms with Crippen LogP contribution in [-0.2, 0) is 9.84 Å². The largest absolute Gasteiger partial charge is 0.334 e. The van der Waals surface area contributed by atoms with Crippen LogP contribution in [0.3, 0.4) is 0 Å². The lowest BCUT2D eigenvalue weighted by Gasteiger charge is -2.20. The lowest BCUT2D eigenvalue weighted by Crippen LogP contribution is -2.43. The quantitative estimate of drug-likeness (QED) is 0.887. The zero-order valence-corrected chi connectivity index (χ0v) is 11.3. The molecule has 0 saturated carbocycles. The third-order valence-corrected chi connectivity index (χ3v) is 4.85. The summed E-state index contributed by atoms with van der Waals surface area (Å²) >= 11 is 0. The third-order valence-electron chi connectivity index (χ3n) is 3.08. The molecule has 5 nitrogen and oxygen atoms in total. The van der Waals surface area contributed by atoms with E-state index in [4.69, 9.17) is 0 Å². The first-order chi connectivity index (χ1) is 8.87. The predicted octanol–water partition coefficient (Wildman–Crippen LogP) is 1.16. The molecular formula is C12H15FN2O3S. The van der Waals surface area contributed by atoms with Crippen molar-refractivity contribution in [3.05, 3.63) is 30.1 Å². The van der Waals surface area contributed by atoms with Crippen LogP contribution in [0.5, 0.6) is 0 Å². The molecule has 1 aromatic carbocycles. The molecule has 1 heterocycles. The van der Waals surface area contributed by atoms with Crippen molar-refractivity contribution < 1.29 is 17.6 Å². The Hall–Kier alpha value is -1.63. The van der Waals surface area contributed by atoms with Gasteiger partial charge in [-0.2, -0.15) is 0 Å². The number of benzene rings is 1. The molecule has 1 aliphatic heterocycles. The molecule has 1 atom stereocenters. The third kappa shape index (κ3) is 3.44. The molecule has 0 radical (unpaired) electrons. The average Bonchev–Trinajstić information content (AvgIpc) is 2.68. The molecule has 1 N–H and O–H groups in total. The normalized spacial score (nSPS) is 21.1. The van der Waals surface area contributed by atoms with E-state index in [-0.39, 0.29) is 23.4 Å². The Morgan fingerprint density at radius 1 is 1.37 bits per heavy atom. The van der Waals surface area contributed by atoms with Crippen LogP contribution in [0.25, 0.3) is 0 Å². The Labute approximate surface area is 111 Å². The van der Waals surface area contributed by atoms with Crippen molar-refractivity contribution in [1.29, 1.82) is 0 Å². The summed E-state index contributed by atoms with van der Waals surface area (Å²) in [7, 11) is -1.47. The number of nitrogens with zero attached hydrogens (tertiary/aromatic N) is 1. The van der Waals surface area contributed by atoms with Crippen LogP contribution in [-0.4, -0.2) is 39.0 Å². The van der Waals surface area contributed by atoms with Crippen molar-refractivity contribution in [2.24, 2.45) is 0 Å². The Balaban J connectivity index is 1.98. The van der Waals surface area contributed by atoms with Crippen molar-refractivity contribution in [3.8, 4) is 0 Å². The number of carbonyl (C=O) groups excluding carboxylic acids is 1. The number of amides is 2. The zero-order chi connectivity index (χ0) is 14.0. The van der Waals surface area contributed by atoms with Crippen LogP contribution in [0.4, 0.5) is 14.9 Å². The van der Waals surface area contributed by atoms with E-state index < -0.39 is 15.9 Å². The SMILES string of the molecule is CN(C(=O)N[C@@H]1CCS(=O)(=O)C1)c1ccc(F)cc1. The second kappa shape index (κ2) is 5.16. The topological polar surface area (TPSA) is 66.5 Å². The number of rotatable bonds is 2. The number of halogens is 1. The van der Waals surface area contributed by atoms with E-state index in [2.05, 4.69) is 5.32 Å². The van der Waals surface area contributed by atoms with Gasteiger partial charge in [0.05, 0.1) is 11.5 Å². The zero-order valence-electron chi connectivity index (χ0n) is 10.5. The fourth-order valence-corrected chi connectivity index (χ4v) is 3.64. The van der Waals surface area contributed by atoms with E-state index in [1.165, 1.54) is 29.2 Å². The van der Waals surface area contributed by atoms with Crippen molar-refractivity contribution in [2.45, 2.75) is 12.5 Å². The van der Waals surface area contributed by atoms with Crippen LogP contribution in [0.15, 0.2) is 24.3 Å². The summed E-state index contributed by atoms with van der Waals surface area (Å²) < 4.78 is 35.4. The molecule has 0 bridgehead atoms. The summed E-state index contributed by atoms with van der Waals surface area (Å²) in [6.45, 7) is 0. The number of carbonyl (C=O) groups is 1. The number of nitrogens with one attached hydrogen (secondary N) is 1. The van der Waals surface area contributed by atoms with E-state index in [1.807, 2.05) is 0 Å². The maximum atomic E-state index is 12.8. The van der Waals surface area contributed by atoms with Gasteiger partial charge in [0.25, 0.3) is 0 Å². The number of anilines is 1. The first-order valence-corrected chi connectivity index (χ1v) is 7.70. The molecule has 0 aromatic heterocycles. The van der Waals surface area contributed by atoms with Gasteiger partial charge < -0.3 is 5.32 Å². The Bertz CT molecular complexity index is 571. The molecule has 0 unspecified atom stereocenters. The van der Waals surface area contributed by atoms with Crippen LogP contribution in [0, 0.1) is 5.82 Å². The van der Waals surface area contributed by atoms with E-state index in [1.54, 1.807) is 7.05 Å². The van der Waals surface area contributed by atoms with Gasteiger partial charge in [0.2, 0.25) is 0 Å². The number of sulfone groups is 1. The molecule has 1 saturated heterocycles. The summed E-state index contributed by atoms with van der Waals surface area (Å²) in [5.74, 6) is -0.284. The smallest absolute Gasteiger partial charge is 0.321 e.